The predicted octanol–water partition coefficient (Wildman–Crippen LogP) is 3.75. The van der Waals surface area contributed by atoms with Gasteiger partial charge >= 0.3 is 0 Å². The predicted molar refractivity (Wildman–Crippen MR) is 99.3 cm³/mol. The van der Waals surface area contributed by atoms with E-state index in [1.54, 1.807) is 24.3 Å². The van der Waals surface area contributed by atoms with Crippen LogP contribution in [0.25, 0.3) is 0 Å². The molecule has 0 unspecified atom stereocenters. The topological polar surface area (TPSA) is 64.9 Å². The second kappa shape index (κ2) is 7.61. The molecule has 0 aliphatic carbocycles. The second-order valence-corrected chi connectivity index (χ2v) is 6.74. The summed E-state index contributed by atoms with van der Waals surface area (Å²) in [5.74, 6) is -0.262. The van der Waals surface area contributed by atoms with Gasteiger partial charge in [0.05, 0.1) is 10.7 Å². The molecule has 2 aromatic carbocycles. The molecule has 0 aliphatic rings. The van der Waals surface area contributed by atoms with Gasteiger partial charge in [0, 0.05) is 35.4 Å². The molecule has 5 nitrogen and oxygen atoms in total. The fourth-order valence-corrected chi connectivity index (χ4v) is 3.08. The lowest BCUT2D eigenvalue weighted by Gasteiger charge is -2.12. The Morgan fingerprint density at radius 1 is 1.22 bits per heavy atom. The summed E-state index contributed by atoms with van der Waals surface area (Å²) in [7, 11) is 3.87. The highest BCUT2D eigenvalue weighted by molar-refractivity contribution is 9.11. The Morgan fingerprint density at radius 2 is 1.87 bits per heavy atom. The molecule has 0 saturated heterocycles. The molecule has 0 saturated carbocycles. The molecule has 0 bridgehead atoms. The molecule has 2 N–H and O–H groups in total. The molecular weight excluding hydrogens is 426 g/mol. The summed E-state index contributed by atoms with van der Waals surface area (Å²) in [5, 5.41) is 13.8. The Hall–Kier alpha value is -1.86. The number of aromatic hydroxyl groups is 1. The first-order chi connectivity index (χ1) is 10.9. The number of nitrogens with zero attached hydrogens (tertiary/aromatic N) is 2. The summed E-state index contributed by atoms with van der Waals surface area (Å²) in [6.45, 7) is 0. The number of phenols is 1. The number of phenolic OH excluding ortho intramolecular Hbond substituents is 1. The van der Waals surface area contributed by atoms with Crippen molar-refractivity contribution in [1.29, 1.82) is 0 Å². The van der Waals surface area contributed by atoms with E-state index in [9.17, 15) is 9.90 Å². The highest BCUT2D eigenvalue weighted by Crippen LogP contribution is 2.30. The minimum Gasteiger partial charge on any atom is -0.506 e. The van der Waals surface area contributed by atoms with Crippen LogP contribution in [0.1, 0.15) is 15.9 Å². The van der Waals surface area contributed by atoms with Crippen LogP contribution in [0, 0.1) is 0 Å². The molecule has 0 aromatic heterocycles. The van der Waals surface area contributed by atoms with Crippen LogP contribution in [0.4, 0.5) is 5.69 Å². The first-order valence-electron chi connectivity index (χ1n) is 6.67. The number of anilines is 1. The van der Waals surface area contributed by atoms with Gasteiger partial charge in [-0.1, -0.05) is 15.9 Å². The number of carbonyl (C=O) groups excluding carboxylic acids is 1. The number of amides is 1. The van der Waals surface area contributed by atoms with Crippen molar-refractivity contribution < 1.29 is 9.90 Å². The van der Waals surface area contributed by atoms with Gasteiger partial charge in [0.1, 0.15) is 5.75 Å². The van der Waals surface area contributed by atoms with Crippen LogP contribution in [0.15, 0.2) is 50.4 Å². The maximum Gasteiger partial charge on any atom is 0.271 e. The minimum atomic E-state index is -0.319. The third-order valence-electron chi connectivity index (χ3n) is 3.07. The third-order valence-corrected chi connectivity index (χ3v) is 4.14. The molecule has 23 heavy (non-hydrogen) atoms. The van der Waals surface area contributed by atoms with Gasteiger partial charge in [-0.05, 0) is 52.3 Å². The summed E-state index contributed by atoms with van der Waals surface area (Å²) in [4.78, 5) is 14.0. The molecule has 0 heterocycles. The second-order valence-electron chi connectivity index (χ2n) is 4.97. The van der Waals surface area contributed by atoms with Crippen molar-refractivity contribution in [2.24, 2.45) is 5.10 Å². The zero-order valence-electron chi connectivity index (χ0n) is 12.5. The lowest BCUT2D eigenvalue weighted by Crippen LogP contribution is -2.18. The molecule has 1 amide bonds. The average Bonchev–Trinajstić information content (AvgIpc) is 2.51. The van der Waals surface area contributed by atoms with Crippen molar-refractivity contribution in [2.45, 2.75) is 0 Å². The summed E-state index contributed by atoms with van der Waals surface area (Å²) in [5.41, 5.74) is 4.43. The van der Waals surface area contributed by atoms with Gasteiger partial charge in [0.2, 0.25) is 0 Å². The van der Waals surface area contributed by atoms with Crippen LogP contribution in [0.5, 0.6) is 5.75 Å². The van der Waals surface area contributed by atoms with Crippen LogP contribution in [0.3, 0.4) is 0 Å². The Morgan fingerprint density at radius 3 is 2.48 bits per heavy atom. The van der Waals surface area contributed by atoms with Crippen molar-refractivity contribution in [3.8, 4) is 5.75 Å². The molecule has 7 heteroatoms. The van der Waals surface area contributed by atoms with E-state index in [1.807, 2.05) is 31.1 Å². The first kappa shape index (κ1) is 17.5. The summed E-state index contributed by atoms with van der Waals surface area (Å²) < 4.78 is 1.33. The highest BCUT2D eigenvalue weighted by atomic mass is 79.9. The largest absolute Gasteiger partial charge is 0.506 e. The van der Waals surface area contributed by atoms with Gasteiger partial charge in [-0.25, -0.2) is 5.43 Å². The average molecular weight is 441 g/mol. The normalized spacial score (nSPS) is 10.8. The van der Waals surface area contributed by atoms with Gasteiger partial charge in [-0.15, -0.1) is 0 Å². The van der Waals surface area contributed by atoms with E-state index in [0.717, 1.165) is 10.2 Å². The maximum atomic E-state index is 12.0. The number of rotatable bonds is 4. The molecule has 0 spiro atoms. The van der Waals surface area contributed by atoms with Crippen molar-refractivity contribution >= 4 is 49.7 Å². The van der Waals surface area contributed by atoms with Crippen LogP contribution in [-0.2, 0) is 0 Å². The van der Waals surface area contributed by atoms with Crippen LogP contribution >= 0.6 is 31.9 Å². The van der Waals surface area contributed by atoms with Gasteiger partial charge < -0.3 is 10.0 Å². The fraction of sp³-hybridized carbons (Fsp3) is 0.125. The van der Waals surface area contributed by atoms with E-state index in [1.165, 1.54) is 6.21 Å². The van der Waals surface area contributed by atoms with Crippen molar-refractivity contribution in [3.05, 3.63) is 56.5 Å². The third kappa shape index (κ3) is 4.56. The van der Waals surface area contributed by atoms with E-state index in [2.05, 4.69) is 42.4 Å². The van der Waals surface area contributed by atoms with Crippen molar-refractivity contribution in [3.63, 3.8) is 0 Å². The van der Waals surface area contributed by atoms with Crippen LogP contribution in [-0.4, -0.2) is 31.3 Å². The maximum absolute atomic E-state index is 12.0. The Labute approximate surface area is 151 Å². The molecular formula is C16H15Br2N3O2. The smallest absolute Gasteiger partial charge is 0.271 e. The molecule has 0 atom stereocenters. The number of halogens is 2. The minimum absolute atomic E-state index is 0.0570. The Bertz CT molecular complexity index is 744. The van der Waals surface area contributed by atoms with Gasteiger partial charge in [-0.3, -0.25) is 4.79 Å². The van der Waals surface area contributed by atoms with E-state index < -0.39 is 0 Å². The van der Waals surface area contributed by atoms with Gasteiger partial charge in [-0.2, -0.15) is 5.10 Å². The van der Waals surface area contributed by atoms with E-state index in [4.69, 9.17) is 0 Å². The number of nitrogens with one attached hydrogen (secondary N) is 1. The standard InChI is InChI=1S/C16H15Br2N3O2/c1-21(2)13-5-3-10(4-6-13)16(23)20-19-9-11-7-12(17)8-14(18)15(11)22/h3-9,22H,1-2H3,(H,20,23)/b19-9+. The lowest BCUT2D eigenvalue weighted by molar-refractivity contribution is 0.0955. The zero-order chi connectivity index (χ0) is 17.0. The van der Waals surface area contributed by atoms with E-state index in [-0.39, 0.29) is 11.7 Å². The van der Waals surface area contributed by atoms with E-state index >= 15 is 0 Å². The fourth-order valence-electron chi connectivity index (χ4n) is 1.82. The summed E-state index contributed by atoms with van der Waals surface area (Å²) >= 11 is 6.57. The molecule has 0 radical (unpaired) electrons. The highest BCUT2D eigenvalue weighted by Gasteiger charge is 2.07. The zero-order valence-corrected chi connectivity index (χ0v) is 15.7. The van der Waals surface area contributed by atoms with Gasteiger partial charge in [0.25, 0.3) is 5.91 Å². The van der Waals surface area contributed by atoms with Crippen LogP contribution < -0.4 is 10.3 Å². The molecule has 2 rings (SSSR count). The van der Waals surface area contributed by atoms with Crippen molar-refractivity contribution in [1.82, 2.24) is 5.43 Å². The summed E-state index contributed by atoms with van der Waals surface area (Å²) in [6, 6.07) is 10.6. The van der Waals surface area contributed by atoms with Gasteiger partial charge in [0.15, 0.2) is 0 Å². The molecule has 120 valence electrons. The number of hydrogen-bond donors (Lipinski definition) is 2. The Kier molecular flexibility index (Phi) is 5.79. The van der Waals surface area contributed by atoms with Crippen LogP contribution in [0.2, 0.25) is 0 Å². The number of hydrogen-bond acceptors (Lipinski definition) is 4. The Balaban J connectivity index is 2.07. The van der Waals surface area contributed by atoms with Crippen molar-refractivity contribution in [2.75, 3.05) is 19.0 Å². The lowest BCUT2D eigenvalue weighted by atomic mass is 10.2. The molecule has 2 aromatic rings. The molecule has 0 fully saturated rings. The number of benzene rings is 2. The summed E-state index contributed by atoms with van der Waals surface area (Å²) in [6.07, 6.45) is 1.39. The quantitative estimate of drug-likeness (QED) is 0.562. The monoisotopic (exact) mass is 439 g/mol. The number of hydrazone groups is 1. The first-order valence-corrected chi connectivity index (χ1v) is 8.26. The number of carbonyl (C=O) groups is 1. The molecule has 0 aliphatic heterocycles. The SMILES string of the molecule is CN(C)c1ccc(C(=O)N/N=C/c2cc(Br)cc(Br)c2O)cc1. The van der Waals surface area contributed by atoms with E-state index in [0.29, 0.717) is 15.6 Å².